The summed E-state index contributed by atoms with van der Waals surface area (Å²) in [5, 5.41) is 3.49. The van der Waals surface area contributed by atoms with Crippen molar-refractivity contribution in [2.45, 2.75) is 0 Å². The summed E-state index contributed by atoms with van der Waals surface area (Å²) in [7, 11) is 6.36. The van der Waals surface area contributed by atoms with Crippen molar-refractivity contribution in [3.05, 3.63) is 34.7 Å². The van der Waals surface area contributed by atoms with Gasteiger partial charge in [0.25, 0.3) is 0 Å². The summed E-state index contributed by atoms with van der Waals surface area (Å²) < 4.78 is 6.44. The molecule has 0 bridgehead atoms. The minimum atomic E-state index is 0.599. The van der Waals surface area contributed by atoms with Crippen LogP contribution in [0.3, 0.4) is 0 Å². The van der Waals surface area contributed by atoms with Gasteiger partial charge in [-0.25, -0.2) is 0 Å². The third-order valence-electron chi connectivity index (χ3n) is 2.03. The molecule has 0 spiro atoms. The Kier molecular flexibility index (Phi) is 4.17. The third kappa shape index (κ3) is 4.68. The molecule has 0 aliphatic heterocycles. The highest BCUT2D eigenvalue weighted by Crippen LogP contribution is 2.18. The van der Waals surface area contributed by atoms with E-state index in [9.17, 15) is 0 Å². The molecule has 1 rings (SSSR count). The van der Waals surface area contributed by atoms with Crippen molar-refractivity contribution in [1.82, 2.24) is 0 Å². The molecule has 0 N–H and O–H groups in total. The van der Waals surface area contributed by atoms with E-state index < -0.39 is 0 Å². The number of likely N-dealkylation sites (N-methyl/N-ethyl adjacent to an activating group) is 1. The van der Waals surface area contributed by atoms with Gasteiger partial charge in [-0.15, -0.1) is 0 Å². The van der Waals surface area contributed by atoms with E-state index in [-0.39, 0.29) is 0 Å². The minimum Gasteiger partial charge on any atom is -0.488 e. The first kappa shape index (κ1) is 12.4. The van der Waals surface area contributed by atoms with Crippen LogP contribution in [0, 0.1) is 0 Å². The van der Waals surface area contributed by atoms with Gasteiger partial charge in [-0.2, -0.15) is 0 Å². The predicted molar refractivity (Wildman–Crippen MR) is 63.6 cm³/mol. The van der Waals surface area contributed by atoms with Gasteiger partial charge in [0, 0.05) is 10.6 Å². The van der Waals surface area contributed by atoms with Crippen LogP contribution in [-0.2, 0) is 0 Å². The lowest BCUT2D eigenvalue weighted by Gasteiger charge is -2.23. The molecule has 0 saturated carbocycles. The van der Waals surface area contributed by atoms with Crippen LogP contribution in [0.15, 0.2) is 29.4 Å². The van der Waals surface area contributed by atoms with E-state index in [0.717, 1.165) is 16.8 Å². The molecule has 1 aromatic carbocycles. The Morgan fingerprint density at radius 1 is 1.25 bits per heavy atom. The topological polar surface area (TPSA) is 58.0 Å². The van der Waals surface area contributed by atoms with E-state index in [2.05, 4.69) is 31.2 Å². The van der Waals surface area contributed by atoms with Gasteiger partial charge in [-0.05, 0) is 29.8 Å². The summed E-state index contributed by atoms with van der Waals surface area (Å²) in [6, 6.07) is 7.08. The Balaban J connectivity index is 2.46. The number of azide groups is 1. The highest BCUT2D eigenvalue weighted by atomic mass is 16.5. The van der Waals surface area contributed by atoms with Crippen molar-refractivity contribution in [1.29, 1.82) is 0 Å². The zero-order chi connectivity index (χ0) is 12.0. The standard InChI is InChI=1S/C11H17N4O/c1-15(2,3)8-9-16-11-6-4-10(5-7-11)13-14-12/h4-7H,8-9H2,1-3H3/q+1. The zero-order valence-electron chi connectivity index (χ0n) is 9.92. The van der Waals surface area contributed by atoms with Crippen LogP contribution in [0.4, 0.5) is 5.69 Å². The zero-order valence-corrected chi connectivity index (χ0v) is 9.92. The average Bonchev–Trinajstić information content (AvgIpc) is 2.19. The van der Waals surface area contributed by atoms with Crippen LogP contribution in [-0.4, -0.2) is 38.8 Å². The van der Waals surface area contributed by atoms with Gasteiger partial charge in [0.05, 0.1) is 21.1 Å². The van der Waals surface area contributed by atoms with Crippen LogP contribution >= 0.6 is 0 Å². The maximum absolute atomic E-state index is 8.24. The van der Waals surface area contributed by atoms with Gasteiger partial charge in [0.15, 0.2) is 0 Å². The van der Waals surface area contributed by atoms with Crippen molar-refractivity contribution in [2.75, 3.05) is 34.3 Å². The molecular weight excluding hydrogens is 204 g/mol. The van der Waals surface area contributed by atoms with Gasteiger partial charge in [-0.1, -0.05) is 5.11 Å². The molecule has 0 saturated heterocycles. The summed E-state index contributed by atoms with van der Waals surface area (Å²) in [6.45, 7) is 1.61. The molecule has 86 valence electrons. The molecule has 0 fully saturated rings. The molecule has 0 aliphatic rings. The summed E-state index contributed by atoms with van der Waals surface area (Å²) in [5.41, 5.74) is 8.84. The second-order valence-electron chi connectivity index (χ2n) is 4.55. The fourth-order valence-electron chi connectivity index (χ4n) is 1.10. The van der Waals surface area contributed by atoms with Crippen LogP contribution in [0.2, 0.25) is 0 Å². The first-order chi connectivity index (χ1) is 7.51. The van der Waals surface area contributed by atoms with Crippen LogP contribution < -0.4 is 4.74 Å². The Hall–Kier alpha value is -1.71. The lowest BCUT2D eigenvalue weighted by molar-refractivity contribution is -0.870. The molecule has 1 aromatic rings. The molecule has 0 amide bonds. The molecule has 16 heavy (non-hydrogen) atoms. The van der Waals surface area contributed by atoms with Gasteiger partial charge < -0.3 is 9.22 Å². The van der Waals surface area contributed by atoms with E-state index >= 15 is 0 Å². The third-order valence-corrected chi connectivity index (χ3v) is 2.03. The predicted octanol–water partition coefficient (Wildman–Crippen LogP) is 2.71. The van der Waals surface area contributed by atoms with Gasteiger partial charge in [0.2, 0.25) is 0 Å². The Labute approximate surface area is 95.5 Å². The van der Waals surface area contributed by atoms with Gasteiger partial charge in [-0.3, -0.25) is 0 Å². The Morgan fingerprint density at radius 2 is 1.88 bits per heavy atom. The van der Waals surface area contributed by atoms with Crippen molar-refractivity contribution in [3.63, 3.8) is 0 Å². The maximum Gasteiger partial charge on any atom is 0.137 e. The lowest BCUT2D eigenvalue weighted by Crippen LogP contribution is -2.38. The Bertz CT molecular complexity index is 374. The van der Waals surface area contributed by atoms with E-state index in [0.29, 0.717) is 12.3 Å². The second kappa shape index (κ2) is 5.39. The molecular formula is C11H17N4O+. The van der Waals surface area contributed by atoms with E-state index in [1.54, 1.807) is 24.3 Å². The van der Waals surface area contributed by atoms with Crippen LogP contribution in [0.5, 0.6) is 5.75 Å². The molecule has 0 aliphatic carbocycles. The number of hydrogen-bond acceptors (Lipinski definition) is 2. The number of ether oxygens (including phenoxy) is 1. The van der Waals surface area contributed by atoms with E-state index in [4.69, 9.17) is 10.3 Å². The fourth-order valence-corrected chi connectivity index (χ4v) is 1.10. The number of hydrogen-bond donors (Lipinski definition) is 0. The number of nitrogens with zero attached hydrogens (tertiary/aromatic N) is 4. The summed E-state index contributed by atoms with van der Waals surface area (Å²) in [4.78, 5) is 2.71. The van der Waals surface area contributed by atoms with Crippen molar-refractivity contribution >= 4 is 5.69 Å². The van der Waals surface area contributed by atoms with E-state index in [1.807, 2.05) is 0 Å². The monoisotopic (exact) mass is 221 g/mol. The minimum absolute atomic E-state index is 0.599. The quantitative estimate of drug-likeness (QED) is 0.326. The smallest absolute Gasteiger partial charge is 0.137 e. The Morgan fingerprint density at radius 3 is 2.38 bits per heavy atom. The molecule has 0 unspecified atom stereocenters. The van der Waals surface area contributed by atoms with Crippen molar-refractivity contribution < 1.29 is 9.22 Å². The second-order valence-corrected chi connectivity index (χ2v) is 4.55. The van der Waals surface area contributed by atoms with Gasteiger partial charge in [0.1, 0.15) is 18.9 Å². The molecule has 0 radical (unpaired) electrons. The normalized spacial score (nSPS) is 10.7. The first-order valence-corrected chi connectivity index (χ1v) is 5.10. The lowest BCUT2D eigenvalue weighted by atomic mass is 10.3. The van der Waals surface area contributed by atoms with Crippen molar-refractivity contribution in [3.8, 4) is 5.75 Å². The summed E-state index contributed by atoms with van der Waals surface area (Å²) in [5.74, 6) is 0.797. The van der Waals surface area contributed by atoms with Crippen molar-refractivity contribution in [2.24, 2.45) is 5.11 Å². The number of quaternary nitrogens is 1. The molecule has 0 atom stereocenters. The van der Waals surface area contributed by atoms with Crippen LogP contribution in [0.1, 0.15) is 0 Å². The highest BCUT2D eigenvalue weighted by Gasteiger charge is 2.06. The molecule has 0 heterocycles. The summed E-state index contributed by atoms with van der Waals surface area (Å²) in [6.07, 6.45) is 0. The molecule has 5 heteroatoms. The SMILES string of the molecule is C[N+](C)(C)CCOc1ccc(N=[N+]=[N-])cc1. The van der Waals surface area contributed by atoms with Crippen LogP contribution in [0.25, 0.3) is 10.4 Å². The number of benzene rings is 1. The fraction of sp³-hybridized carbons (Fsp3) is 0.455. The molecule has 5 nitrogen and oxygen atoms in total. The molecule has 0 aromatic heterocycles. The first-order valence-electron chi connectivity index (χ1n) is 5.10. The van der Waals surface area contributed by atoms with Gasteiger partial charge >= 0.3 is 0 Å². The summed E-state index contributed by atoms with van der Waals surface area (Å²) >= 11 is 0. The average molecular weight is 221 g/mol. The largest absolute Gasteiger partial charge is 0.488 e. The highest BCUT2D eigenvalue weighted by molar-refractivity contribution is 5.40. The van der Waals surface area contributed by atoms with E-state index in [1.165, 1.54) is 0 Å². The number of rotatable bonds is 5. The maximum atomic E-state index is 8.24.